The third-order valence-electron chi connectivity index (χ3n) is 5.03. The van der Waals surface area contributed by atoms with Crippen LogP contribution in [0.2, 0.25) is 0 Å². The van der Waals surface area contributed by atoms with Crippen molar-refractivity contribution in [1.29, 1.82) is 0 Å². The maximum absolute atomic E-state index is 12.7. The largest absolute Gasteiger partial charge is 0.480 e. The normalized spacial score (nSPS) is 16.5. The fourth-order valence-corrected chi connectivity index (χ4v) is 3.18. The molecule has 0 aromatic carbocycles. The number of nitrogens with zero attached hydrogens (tertiary/aromatic N) is 6. The first-order valence-corrected chi connectivity index (χ1v) is 9.20. The highest BCUT2D eigenvalue weighted by atomic mass is 16.4. The van der Waals surface area contributed by atoms with E-state index in [1.807, 2.05) is 11.6 Å². The molecule has 27 heavy (non-hydrogen) atoms. The van der Waals surface area contributed by atoms with Gasteiger partial charge in [0.15, 0.2) is 0 Å². The van der Waals surface area contributed by atoms with Crippen LogP contribution in [0.5, 0.6) is 0 Å². The number of carboxylic acid groups (broad SMARTS) is 1. The predicted octanol–water partition coefficient (Wildman–Crippen LogP) is 1.01. The predicted molar refractivity (Wildman–Crippen MR) is 98.4 cm³/mol. The molecule has 9 nitrogen and oxygen atoms in total. The van der Waals surface area contributed by atoms with Crippen LogP contribution in [0.15, 0.2) is 18.6 Å². The molecule has 1 amide bonds. The quantitative estimate of drug-likeness (QED) is 0.811. The zero-order valence-electron chi connectivity index (χ0n) is 16.0. The van der Waals surface area contributed by atoms with Gasteiger partial charge in [0.25, 0.3) is 5.91 Å². The number of carboxylic acids is 1. The molecule has 3 rings (SSSR count). The van der Waals surface area contributed by atoms with Gasteiger partial charge in [-0.25, -0.2) is 4.79 Å². The molecule has 0 aliphatic carbocycles. The first-order valence-electron chi connectivity index (χ1n) is 9.20. The summed E-state index contributed by atoms with van der Waals surface area (Å²) in [6.45, 7) is 10.2. The van der Waals surface area contributed by atoms with Crippen LogP contribution in [0.1, 0.15) is 41.5 Å². The Balaban J connectivity index is 1.56. The number of aromatic nitrogens is 4. The molecular formula is C18H26N6O3. The second-order valence-corrected chi connectivity index (χ2v) is 6.89. The van der Waals surface area contributed by atoms with Crippen LogP contribution in [0.4, 0.5) is 0 Å². The maximum Gasteiger partial charge on any atom is 0.328 e. The fourth-order valence-electron chi connectivity index (χ4n) is 3.18. The third-order valence-corrected chi connectivity index (χ3v) is 5.03. The molecule has 1 saturated heterocycles. The molecule has 0 radical (unpaired) electrons. The molecule has 0 saturated carbocycles. The molecule has 1 fully saturated rings. The van der Waals surface area contributed by atoms with Crippen LogP contribution in [0, 0.1) is 6.92 Å². The number of amides is 1. The minimum absolute atomic E-state index is 0.103. The summed E-state index contributed by atoms with van der Waals surface area (Å²) in [5.74, 6) is -1.08. The Kier molecular flexibility index (Phi) is 5.59. The minimum Gasteiger partial charge on any atom is -0.480 e. The Hall–Kier alpha value is -2.68. The lowest BCUT2D eigenvalue weighted by Gasteiger charge is -2.34. The van der Waals surface area contributed by atoms with E-state index < -0.39 is 12.0 Å². The summed E-state index contributed by atoms with van der Waals surface area (Å²) < 4.78 is 3.25. The van der Waals surface area contributed by atoms with Gasteiger partial charge in [-0.1, -0.05) is 0 Å². The van der Waals surface area contributed by atoms with Crippen molar-refractivity contribution in [2.75, 3.05) is 26.2 Å². The summed E-state index contributed by atoms with van der Waals surface area (Å²) in [4.78, 5) is 27.8. The van der Waals surface area contributed by atoms with E-state index in [4.69, 9.17) is 5.11 Å². The highest BCUT2D eigenvalue weighted by molar-refractivity contribution is 5.93. The van der Waals surface area contributed by atoms with Gasteiger partial charge in [0.2, 0.25) is 0 Å². The zero-order valence-corrected chi connectivity index (χ0v) is 16.0. The van der Waals surface area contributed by atoms with Gasteiger partial charge in [0.05, 0.1) is 17.5 Å². The van der Waals surface area contributed by atoms with E-state index in [1.165, 1.54) is 29.6 Å². The van der Waals surface area contributed by atoms with Crippen LogP contribution in [-0.2, 0) is 17.9 Å². The molecule has 1 atom stereocenters. The molecule has 3 heterocycles. The van der Waals surface area contributed by atoms with E-state index in [-0.39, 0.29) is 5.91 Å². The van der Waals surface area contributed by atoms with Crippen molar-refractivity contribution in [3.8, 4) is 0 Å². The van der Waals surface area contributed by atoms with Crippen LogP contribution in [0.3, 0.4) is 0 Å². The lowest BCUT2D eigenvalue weighted by atomic mass is 10.2. The van der Waals surface area contributed by atoms with Crippen LogP contribution in [0.25, 0.3) is 0 Å². The molecule has 1 unspecified atom stereocenters. The number of carbonyl (C=O) groups is 2. The SMILES string of the molecule is CCn1cc(CN2CCN(C(=O)c3cnn(C(C)C(=O)O)c3)CC2)c(C)n1. The van der Waals surface area contributed by atoms with E-state index in [1.54, 1.807) is 4.90 Å². The van der Waals surface area contributed by atoms with Gasteiger partial charge in [-0.3, -0.25) is 19.1 Å². The first kappa shape index (κ1) is 19.1. The van der Waals surface area contributed by atoms with Gasteiger partial charge < -0.3 is 10.0 Å². The van der Waals surface area contributed by atoms with Gasteiger partial charge in [-0.05, 0) is 20.8 Å². The zero-order chi connectivity index (χ0) is 19.6. The Morgan fingerprint density at radius 1 is 1.22 bits per heavy atom. The molecule has 2 aromatic rings. The fraction of sp³-hybridized carbons (Fsp3) is 0.556. The average Bonchev–Trinajstić information content (AvgIpc) is 3.28. The highest BCUT2D eigenvalue weighted by Gasteiger charge is 2.25. The van der Waals surface area contributed by atoms with Crippen molar-refractivity contribution < 1.29 is 14.7 Å². The van der Waals surface area contributed by atoms with E-state index in [2.05, 4.69) is 28.2 Å². The molecule has 2 aromatic heterocycles. The standard InChI is InChI=1S/C18H26N6O3/c1-4-23-11-16(13(2)20-23)10-21-5-7-22(8-6-21)17(25)15-9-19-24(12-15)14(3)18(26)27/h9,11-12,14H,4-8,10H2,1-3H3,(H,26,27). The lowest BCUT2D eigenvalue weighted by molar-refractivity contribution is -0.140. The van der Waals surface area contributed by atoms with Crippen molar-refractivity contribution in [1.82, 2.24) is 29.4 Å². The Bertz CT molecular complexity index is 819. The number of aliphatic carboxylic acids is 1. The van der Waals surface area contributed by atoms with Crippen molar-refractivity contribution >= 4 is 11.9 Å². The Morgan fingerprint density at radius 3 is 2.52 bits per heavy atom. The number of carbonyl (C=O) groups excluding carboxylic acids is 1. The summed E-state index contributed by atoms with van der Waals surface area (Å²) in [6, 6.07) is -0.796. The van der Waals surface area contributed by atoms with Crippen molar-refractivity contribution in [3.05, 3.63) is 35.4 Å². The average molecular weight is 374 g/mol. The number of hydrogen-bond acceptors (Lipinski definition) is 5. The molecular weight excluding hydrogens is 348 g/mol. The highest BCUT2D eigenvalue weighted by Crippen LogP contribution is 2.14. The Labute approximate surface area is 158 Å². The molecule has 9 heteroatoms. The van der Waals surface area contributed by atoms with Gasteiger partial charge in [-0.2, -0.15) is 10.2 Å². The number of piperazine rings is 1. The van der Waals surface area contributed by atoms with Gasteiger partial charge in [0.1, 0.15) is 6.04 Å². The van der Waals surface area contributed by atoms with E-state index in [0.717, 1.165) is 31.9 Å². The molecule has 0 bridgehead atoms. The summed E-state index contributed by atoms with van der Waals surface area (Å²) in [6.07, 6.45) is 5.04. The van der Waals surface area contributed by atoms with Crippen molar-refractivity contribution in [2.24, 2.45) is 0 Å². The minimum atomic E-state index is -0.979. The number of hydrogen-bond donors (Lipinski definition) is 1. The van der Waals surface area contributed by atoms with E-state index >= 15 is 0 Å². The lowest BCUT2D eigenvalue weighted by Crippen LogP contribution is -2.48. The second kappa shape index (κ2) is 7.91. The summed E-state index contributed by atoms with van der Waals surface area (Å²) in [5.41, 5.74) is 2.70. The van der Waals surface area contributed by atoms with Gasteiger partial charge >= 0.3 is 5.97 Å². The summed E-state index contributed by atoms with van der Waals surface area (Å²) in [7, 11) is 0. The first-order chi connectivity index (χ1) is 12.9. The van der Waals surface area contributed by atoms with Crippen molar-refractivity contribution in [3.63, 3.8) is 0 Å². The van der Waals surface area contributed by atoms with Gasteiger partial charge in [-0.15, -0.1) is 0 Å². The number of aryl methyl sites for hydroxylation is 2. The van der Waals surface area contributed by atoms with Gasteiger partial charge in [0, 0.05) is 57.2 Å². The maximum atomic E-state index is 12.7. The third kappa shape index (κ3) is 4.19. The molecule has 0 spiro atoms. The molecule has 1 N–H and O–H groups in total. The molecule has 1 aliphatic rings. The van der Waals surface area contributed by atoms with Crippen LogP contribution < -0.4 is 0 Å². The Morgan fingerprint density at radius 2 is 1.93 bits per heavy atom. The summed E-state index contributed by atoms with van der Waals surface area (Å²) >= 11 is 0. The monoisotopic (exact) mass is 374 g/mol. The van der Waals surface area contributed by atoms with Crippen molar-refractivity contribution in [2.45, 2.75) is 39.9 Å². The van der Waals surface area contributed by atoms with Crippen LogP contribution in [-0.4, -0.2) is 72.5 Å². The van der Waals surface area contributed by atoms with E-state index in [9.17, 15) is 9.59 Å². The summed E-state index contributed by atoms with van der Waals surface area (Å²) in [5, 5.41) is 17.5. The molecule has 146 valence electrons. The van der Waals surface area contributed by atoms with Crippen LogP contribution >= 0.6 is 0 Å². The number of rotatable bonds is 6. The molecule has 1 aliphatic heterocycles. The smallest absolute Gasteiger partial charge is 0.328 e. The second-order valence-electron chi connectivity index (χ2n) is 6.89. The topological polar surface area (TPSA) is 96.5 Å². The van der Waals surface area contributed by atoms with E-state index in [0.29, 0.717) is 18.7 Å².